The highest BCUT2D eigenvalue weighted by atomic mass is 16.4. The molecule has 2 rings (SSSR count). The van der Waals surface area contributed by atoms with Crippen molar-refractivity contribution in [3.05, 3.63) is 52.6 Å². The van der Waals surface area contributed by atoms with Gasteiger partial charge in [0.25, 0.3) is 0 Å². The maximum atomic E-state index is 10.5. The van der Waals surface area contributed by atoms with Crippen molar-refractivity contribution in [2.75, 3.05) is 0 Å². The van der Waals surface area contributed by atoms with Crippen LogP contribution in [0.5, 0.6) is 0 Å². The first-order valence-electron chi connectivity index (χ1n) is 7.22. The third-order valence-electron chi connectivity index (χ3n) is 4.02. The van der Waals surface area contributed by atoms with Gasteiger partial charge in [-0.1, -0.05) is 37.3 Å². The number of hydrogen-bond donors (Lipinski definition) is 2. The van der Waals surface area contributed by atoms with Crippen LogP contribution in [-0.2, 0) is 11.2 Å². The van der Waals surface area contributed by atoms with E-state index in [0.717, 1.165) is 18.1 Å². The van der Waals surface area contributed by atoms with Crippen LogP contribution >= 0.6 is 0 Å². The minimum absolute atomic E-state index is 0.284. The maximum Gasteiger partial charge on any atom is 0.328 e. The van der Waals surface area contributed by atoms with Crippen LogP contribution in [0.1, 0.15) is 48.4 Å². The highest BCUT2D eigenvalue weighted by Crippen LogP contribution is 2.40. The zero-order valence-corrected chi connectivity index (χ0v) is 12.8. The summed E-state index contributed by atoms with van der Waals surface area (Å²) in [4.78, 5) is 10.5. The molecule has 0 fully saturated rings. The summed E-state index contributed by atoms with van der Waals surface area (Å²) >= 11 is 0. The van der Waals surface area contributed by atoms with E-state index in [-0.39, 0.29) is 5.92 Å². The summed E-state index contributed by atoms with van der Waals surface area (Å²) < 4.78 is 0. The largest absolute Gasteiger partial charge is 0.478 e. The summed E-state index contributed by atoms with van der Waals surface area (Å²) in [5.41, 5.74) is 4.13. The number of carbonyl (C=O) groups is 1. The fourth-order valence-electron chi connectivity index (χ4n) is 3.28. The summed E-state index contributed by atoms with van der Waals surface area (Å²) in [6.07, 6.45) is 7.79. The number of hydrogen-bond acceptors (Lipinski definition) is 2. The van der Waals surface area contributed by atoms with Crippen molar-refractivity contribution in [1.29, 1.82) is 0 Å². The van der Waals surface area contributed by atoms with Gasteiger partial charge >= 0.3 is 5.97 Å². The highest BCUT2D eigenvalue weighted by molar-refractivity contribution is 5.80. The number of aliphatic hydroxyl groups is 1. The number of carboxylic acids is 1. The minimum atomic E-state index is -0.948. The van der Waals surface area contributed by atoms with Gasteiger partial charge in [-0.05, 0) is 48.4 Å². The standard InChI is InChI=1S/C18H22O3/c1-12-8-9-14-11-18(3,21)10-13(2)17(14)15(12)6-4-5-7-16(19)20/h4-9,13,21H,10-11H2,1-3H3,(H,19,20). The Morgan fingerprint density at radius 1 is 1.38 bits per heavy atom. The van der Waals surface area contributed by atoms with Gasteiger partial charge in [0.2, 0.25) is 0 Å². The van der Waals surface area contributed by atoms with E-state index in [4.69, 9.17) is 5.11 Å². The lowest BCUT2D eigenvalue weighted by Gasteiger charge is -2.35. The SMILES string of the molecule is Cc1ccc2c(c1C=CC=CC(=O)O)C(C)CC(C)(O)C2. The fraction of sp³-hybridized carbons (Fsp3) is 0.389. The summed E-state index contributed by atoms with van der Waals surface area (Å²) in [6, 6.07) is 4.16. The van der Waals surface area contributed by atoms with Crippen molar-refractivity contribution in [2.24, 2.45) is 0 Å². The Hall–Kier alpha value is -1.87. The van der Waals surface area contributed by atoms with E-state index in [1.165, 1.54) is 22.8 Å². The topological polar surface area (TPSA) is 57.5 Å². The molecule has 2 N–H and O–H groups in total. The van der Waals surface area contributed by atoms with Gasteiger partial charge in [-0.15, -0.1) is 0 Å². The first kappa shape index (κ1) is 15.5. The van der Waals surface area contributed by atoms with Gasteiger partial charge in [0, 0.05) is 12.5 Å². The minimum Gasteiger partial charge on any atom is -0.478 e. The van der Waals surface area contributed by atoms with E-state index >= 15 is 0 Å². The van der Waals surface area contributed by atoms with E-state index in [1.54, 1.807) is 6.08 Å². The van der Waals surface area contributed by atoms with Crippen molar-refractivity contribution in [3.8, 4) is 0 Å². The van der Waals surface area contributed by atoms with E-state index in [0.29, 0.717) is 6.42 Å². The van der Waals surface area contributed by atoms with Crippen molar-refractivity contribution in [2.45, 2.75) is 45.1 Å². The number of allylic oxidation sites excluding steroid dienone is 2. The lowest BCUT2D eigenvalue weighted by Crippen LogP contribution is -2.34. The highest BCUT2D eigenvalue weighted by Gasteiger charge is 2.32. The zero-order chi connectivity index (χ0) is 15.6. The molecule has 0 spiro atoms. The number of rotatable bonds is 3. The smallest absolute Gasteiger partial charge is 0.328 e. The number of carboxylic acid groups (broad SMARTS) is 1. The molecule has 1 aliphatic rings. The van der Waals surface area contributed by atoms with Crippen molar-refractivity contribution in [3.63, 3.8) is 0 Å². The molecule has 3 heteroatoms. The van der Waals surface area contributed by atoms with Gasteiger partial charge in [-0.25, -0.2) is 4.79 Å². The van der Waals surface area contributed by atoms with Crippen molar-refractivity contribution >= 4 is 12.0 Å². The molecule has 0 amide bonds. The predicted octanol–water partition coefficient (Wildman–Crippen LogP) is 3.45. The first-order valence-corrected chi connectivity index (χ1v) is 7.22. The molecular formula is C18H22O3. The molecule has 1 aromatic carbocycles. The fourth-order valence-corrected chi connectivity index (χ4v) is 3.28. The van der Waals surface area contributed by atoms with Crippen LogP contribution in [0.2, 0.25) is 0 Å². The van der Waals surface area contributed by atoms with Crippen LogP contribution in [0.4, 0.5) is 0 Å². The van der Waals surface area contributed by atoms with Gasteiger partial charge < -0.3 is 10.2 Å². The van der Waals surface area contributed by atoms with Gasteiger partial charge in [0.05, 0.1) is 5.60 Å². The van der Waals surface area contributed by atoms with E-state index in [2.05, 4.69) is 26.0 Å². The quantitative estimate of drug-likeness (QED) is 0.661. The van der Waals surface area contributed by atoms with Crippen LogP contribution in [0.3, 0.4) is 0 Å². The van der Waals surface area contributed by atoms with Gasteiger partial charge in [0.1, 0.15) is 0 Å². The predicted molar refractivity (Wildman–Crippen MR) is 84.3 cm³/mol. The molecule has 0 radical (unpaired) electrons. The third-order valence-corrected chi connectivity index (χ3v) is 4.02. The second kappa shape index (κ2) is 5.86. The summed E-state index contributed by atoms with van der Waals surface area (Å²) in [5.74, 6) is -0.664. The average molecular weight is 286 g/mol. The zero-order valence-electron chi connectivity index (χ0n) is 12.8. The number of benzene rings is 1. The van der Waals surface area contributed by atoms with Crippen LogP contribution in [0, 0.1) is 6.92 Å². The molecule has 0 aliphatic heterocycles. The second-order valence-corrected chi connectivity index (χ2v) is 6.20. The van der Waals surface area contributed by atoms with Crippen LogP contribution in [0.25, 0.3) is 6.08 Å². The molecule has 0 saturated heterocycles. The number of aliphatic carboxylic acids is 1. The average Bonchev–Trinajstić information content (AvgIpc) is 2.35. The third kappa shape index (κ3) is 3.61. The van der Waals surface area contributed by atoms with Gasteiger partial charge in [-0.3, -0.25) is 0 Å². The van der Waals surface area contributed by atoms with Crippen LogP contribution in [0.15, 0.2) is 30.4 Å². The summed E-state index contributed by atoms with van der Waals surface area (Å²) in [5, 5.41) is 18.9. The second-order valence-electron chi connectivity index (χ2n) is 6.20. The Balaban J connectivity index is 2.41. The molecule has 0 heterocycles. The van der Waals surface area contributed by atoms with Gasteiger partial charge in [0.15, 0.2) is 0 Å². The molecule has 112 valence electrons. The van der Waals surface area contributed by atoms with Crippen molar-refractivity contribution in [1.82, 2.24) is 0 Å². The lowest BCUT2D eigenvalue weighted by molar-refractivity contribution is -0.131. The van der Waals surface area contributed by atoms with Crippen LogP contribution < -0.4 is 0 Å². The van der Waals surface area contributed by atoms with Crippen molar-refractivity contribution < 1.29 is 15.0 Å². The number of fused-ring (bicyclic) bond motifs is 1. The monoisotopic (exact) mass is 286 g/mol. The van der Waals surface area contributed by atoms with E-state index in [1.807, 2.05) is 13.0 Å². The summed E-state index contributed by atoms with van der Waals surface area (Å²) in [7, 11) is 0. The Bertz CT molecular complexity index is 609. The Kier molecular flexibility index (Phi) is 4.33. The summed E-state index contributed by atoms with van der Waals surface area (Å²) in [6.45, 7) is 6.08. The molecule has 3 nitrogen and oxygen atoms in total. The lowest BCUT2D eigenvalue weighted by atomic mass is 9.73. The molecule has 21 heavy (non-hydrogen) atoms. The normalized spacial score (nSPS) is 25.4. The Morgan fingerprint density at radius 2 is 2.10 bits per heavy atom. The molecule has 0 saturated carbocycles. The maximum absolute atomic E-state index is 10.5. The molecule has 1 aliphatic carbocycles. The first-order chi connectivity index (χ1) is 9.80. The van der Waals surface area contributed by atoms with E-state index < -0.39 is 11.6 Å². The molecule has 0 aromatic heterocycles. The van der Waals surface area contributed by atoms with E-state index in [9.17, 15) is 9.90 Å². The van der Waals surface area contributed by atoms with Gasteiger partial charge in [-0.2, -0.15) is 0 Å². The molecule has 2 unspecified atom stereocenters. The van der Waals surface area contributed by atoms with Crippen LogP contribution in [-0.4, -0.2) is 21.8 Å². The number of aryl methyl sites for hydroxylation is 1. The Labute approximate surface area is 125 Å². The Morgan fingerprint density at radius 3 is 2.76 bits per heavy atom. The molecule has 1 aromatic rings. The molecule has 0 bridgehead atoms. The molecule has 2 atom stereocenters. The molecular weight excluding hydrogens is 264 g/mol.